The summed E-state index contributed by atoms with van der Waals surface area (Å²) in [6.45, 7) is 2.69. The summed E-state index contributed by atoms with van der Waals surface area (Å²) in [5.41, 5.74) is 2.66. The first kappa shape index (κ1) is 29.0. The lowest BCUT2D eigenvalue weighted by atomic mass is 10.1. The summed E-state index contributed by atoms with van der Waals surface area (Å²) in [5, 5.41) is 8.27. The van der Waals surface area contributed by atoms with Gasteiger partial charge in [0.05, 0.1) is 28.2 Å². The fraction of sp³-hybridized carbons (Fsp3) is 0.0833. The number of rotatable bonds is 8. The summed E-state index contributed by atoms with van der Waals surface area (Å²) >= 11 is 7.42. The van der Waals surface area contributed by atoms with E-state index in [1.807, 2.05) is 67.6 Å². The highest BCUT2D eigenvalue weighted by molar-refractivity contribution is 9.13. The Balaban J connectivity index is 1.29. The van der Waals surface area contributed by atoms with E-state index in [-0.39, 0.29) is 5.56 Å². The molecule has 0 bridgehead atoms. The molecule has 7 aromatic rings. The predicted octanol–water partition coefficient (Wildman–Crippen LogP) is 9.35. The van der Waals surface area contributed by atoms with Gasteiger partial charge in [-0.25, -0.2) is 4.98 Å². The van der Waals surface area contributed by atoms with Crippen molar-refractivity contribution in [2.75, 3.05) is 6.61 Å². The molecule has 0 atom stereocenters. The topological polar surface area (TPSA) is 78.9 Å². The Labute approximate surface area is 275 Å². The lowest BCUT2D eigenvalue weighted by Crippen LogP contribution is -2.20. The van der Waals surface area contributed by atoms with Gasteiger partial charge in [0, 0.05) is 15.4 Å². The molecule has 222 valence electrons. The minimum absolute atomic E-state index is 0.293. The molecule has 2 aromatic heterocycles. The molecular weight excluding hydrogens is 698 g/mol. The molecule has 0 amide bonds. The maximum atomic E-state index is 13.7. The van der Waals surface area contributed by atoms with Gasteiger partial charge < -0.3 is 13.9 Å². The molecule has 0 unspecified atom stereocenters. The minimum Gasteiger partial charge on any atom is -0.490 e. The van der Waals surface area contributed by atoms with Crippen LogP contribution in [0.5, 0.6) is 11.5 Å². The van der Waals surface area contributed by atoms with E-state index in [9.17, 15) is 4.79 Å². The van der Waals surface area contributed by atoms with Crippen molar-refractivity contribution in [3.8, 4) is 23.1 Å². The van der Waals surface area contributed by atoms with Crippen molar-refractivity contribution < 1.29 is 13.9 Å². The third kappa shape index (κ3) is 5.54. The van der Waals surface area contributed by atoms with Gasteiger partial charge in [0.25, 0.3) is 5.56 Å². The maximum absolute atomic E-state index is 13.7. The van der Waals surface area contributed by atoms with Crippen molar-refractivity contribution in [2.24, 2.45) is 5.10 Å². The number of hydrogen-bond donors (Lipinski definition) is 0. The molecule has 9 heteroatoms. The van der Waals surface area contributed by atoms with E-state index in [1.54, 1.807) is 24.4 Å². The Morgan fingerprint density at radius 1 is 0.844 bits per heavy atom. The summed E-state index contributed by atoms with van der Waals surface area (Å²) in [6, 6.07) is 32.9. The summed E-state index contributed by atoms with van der Waals surface area (Å²) in [6.07, 6.45) is 1.59. The van der Waals surface area contributed by atoms with Crippen LogP contribution in [0, 0.1) is 0 Å². The third-order valence-corrected chi connectivity index (χ3v) is 9.56. The van der Waals surface area contributed by atoms with Gasteiger partial charge in [0.2, 0.25) is 5.82 Å². The highest BCUT2D eigenvalue weighted by Crippen LogP contribution is 2.43. The largest absolute Gasteiger partial charge is 0.490 e. The maximum Gasteiger partial charge on any atom is 0.282 e. The van der Waals surface area contributed by atoms with Crippen LogP contribution in [-0.2, 0) is 6.61 Å². The lowest BCUT2D eigenvalue weighted by molar-refractivity contribution is 0.268. The fourth-order valence-corrected chi connectivity index (χ4v) is 6.20. The van der Waals surface area contributed by atoms with Crippen molar-refractivity contribution in [3.05, 3.63) is 134 Å². The van der Waals surface area contributed by atoms with Crippen LogP contribution in [0.25, 0.3) is 44.2 Å². The first-order valence-corrected chi connectivity index (χ1v) is 15.9. The van der Waals surface area contributed by atoms with E-state index in [2.05, 4.69) is 61.2 Å². The van der Waals surface area contributed by atoms with Crippen LogP contribution in [-0.4, -0.2) is 22.5 Å². The molecule has 2 heterocycles. The van der Waals surface area contributed by atoms with Crippen molar-refractivity contribution in [3.63, 3.8) is 0 Å². The number of halogens is 2. The summed E-state index contributed by atoms with van der Waals surface area (Å²) in [4.78, 5) is 18.5. The molecule has 0 N–H and O–H groups in total. The van der Waals surface area contributed by atoms with Crippen molar-refractivity contribution in [2.45, 2.75) is 13.5 Å². The highest BCUT2D eigenvalue weighted by Gasteiger charge is 2.19. The quantitative estimate of drug-likeness (QED) is 0.146. The van der Waals surface area contributed by atoms with Crippen LogP contribution in [0.4, 0.5) is 0 Å². The molecule has 0 radical (unpaired) electrons. The number of para-hydroxylation sites is 2. The summed E-state index contributed by atoms with van der Waals surface area (Å²) < 4.78 is 21.1. The second-order valence-electron chi connectivity index (χ2n) is 10.2. The van der Waals surface area contributed by atoms with Crippen LogP contribution in [0.15, 0.2) is 126 Å². The smallest absolute Gasteiger partial charge is 0.282 e. The monoisotopic (exact) mass is 721 g/mol. The van der Waals surface area contributed by atoms with Crippen LogP contribution in [0.1, 0.15) is 18.1 Å². The van der Waals surface area contributed by atoms with Gasteiger partial charge in [-0.05, 0) is 85.5 Å². The van der Waals surface area contributed by atoms with E-state index >= 15 is 0 Å². The van der Waals surface area contributed by atoms with Crippen LogP contribution in [0.2, 0.25) is 0 Å². The zero-order valence-corrected chi connectivity index (χ0v) is 27.2. The molecule has 0 aliphatic heterocycles. The Morgan fingerprint density at radius 3 is 2.40 bits per heavy atom. The minimum atomic E-state index is -0.317. The predicted molar refractivity (Wildman–Crippen MR) is 185 cm³/mol. The molecule has 0 saturated carbocycles. The number of fused-ring (bicyclic) bond motifs is 3. The number of ether oxygens (including phenoxy) is 2. The highest BCUT2D eigenvalue weighted by atomic mass is 79.9. The van der Waals surface area contributed by atoms with Crippen molar-refractivity contribution in [1.29, 1.82) is 0 Å². The number of benzene rings is 5. The van der Waals surface area contributed by atoms with Gasteiger partial charge in [-0.1, -0.05) is 72.8 Å². The average molecular weight is 723 g/mol. The molecule has 0 aliphatic carbocycles. The Morgan fingerprint density at radius 2 is 1.58 bits per heavy atom. The lowest BCUT2D eigenvalue weighted by Gasteiger charge is -2.17. The Bertz CT molecular complexity index is 2270. The second-order valence-corrected chi connectivity index (χ2v) is 11.8. The van der Waals surface area contributed by atoms with Crippen molar-refractivity contribution >= 4 is 70.7 Å². The van der Waals surface area contributed by atoms with Crippen LogP contribution in [0.3, 0.4) is 0 Å². The molecule has 0 aliphatic rings. The Hall–Kier alpha value is -4.73. The standard InChI is InChI=1S/C36H25Br2N3O4/c1-2-43-30-19-25(32(37)33(38)34(30)44-21-24-13-9-12-22-10-3-5-14-26(22)24)20-39-41-35(31-18-23-11-4-8-17-29(23)45-31)40-28-16-7-6-15-27(28)36(41)42/h3-20H,2,21H2,1H3. The van der Waals surface area contributed by atoms with Gasteiger partial charge in [-0.15, -0.1) is 0 Å². The first-order valence-electron chi connectivity index (χ1n) is 14.3. The molecule has 0 saturated heterocycles. The average Bonchev–Trinajstić information content (AvgIpc) is 3.50. The van der Waals surface area contributed by atoms with Crippen LogP contribution < -0.4 is 15.0 Å². The summed E-state index contributed by atoms with van der Waals surface area (Å²) in [5.74, 6) is 1.82. The number of furan rings is 1. The third-order valence-electron chi connectivity index (χ3n) is 7.42. The van der Waals surface area contributed by atoms with Gasteiger partial charge in [-0.2, -0.15) is 9.78 Å². The molecular formula is C36H25Br2N3O4. The normalized spacial score (nSPS) is 11.6. The van der Waals surface area contributed by atoms with E-state index in [0.717, 1.165) is 21.7 Å². The van der Waals surface area contributed by atoms with E-state index in [1.165, 1.54) is 4.68 Å². The molecule has 0 spiro atoms. The summed E-state index contributed by atoms with van der Waals surface area (Å²) in [7, 11) is 0. The molecule has 7 nitrogen and oxygen atoms in total. The van der Waals surface area contributed by atoms with E-state index in [0.29, 0.717) is 67.3 Å². The number of aromatic nitrogens is 2. The van der Waals surface area contributed by atoms with E-state index in [4.69, 9.17) is 18.9 Å². The second kappa shape index (κ2) is 12.3. The van der Waals surface area contributed by atoms with Gasteiger partial charge in [0.15, 0.2) is 17.3 Å². The first-order chi connectivity index (χ1) is 22.0. The zero-order valence-electron chi connectivity index (χ0n) is 24.0. The van der Waals surface area contributed by atoms with Crippen LogP contribution >= 0.6 is 31.9 Å². The Kier molecular flexibility index (Phi) is 7.95. The molecule has 0 fully saturated rings. The van der Waals surface area contributed by atoms with Crippen molar-refractivity contribution in [1.82, 2.24) is 9.66 Å². The molecule has 45 heavy (non-hydrogen) atoms. The van der Waals surface area contributed by atoms with Gasteiger partial charge in [-0.3, -0.25) is 4.79 Å². The van der Waals surface area contributed by atoms with Gasteiger partial charge in [0.1, 0.15) is 12.2 Å². The van der Waals surface area contributed by atoms with Gasteiger partial charge >= 0.3 is 0 Å². The fourth-order valence-electron chi connectivity index (χ4n) is 5.27. The molecule has 5 aromatic carbocycles. The SMILES string of the molecule is CCOc1cc(C=Nn2c(-c3cc4ccccc4o3)nc3ccccc3c2=O)c(Br)c(Br)c1OCc1cccc2ccccc12. The zero-order chi connectivity index (χ0) is 30.9. The van der Waals surface area contributed by atoms with E-state index < -0.39 is 0 Å². The number of nitrogens with zero attached hydrogens (tertiary/aromatic N) is 3. The number of hydrogen-bond acceptors (Lipinski definition) is 6. The molecule has 7 rings (SSSR count).